The molecule has 9 heteroatoms. The standard InChI is InChI=1S/C21H19FN6O2/c22-17-9-5-4-8-16(17)12-28-20-19(25-26-28)21(30)27(14-24-20)13-18(29)23-11-10-15-6-2-1-3-7-15/h1-9,14H,10-13H2,(H,23,29). The number of hydrogen-bond acceptors (Lipinski definition) is 5. The molecule has 0 unspecified atom stereocenters. The van der Waals surface area contributed by atoms with E-state index in [1.54, 1.807) is 18.2 Å². The molecule has 4 rings (SSSR count). The summed E-state index contributed by atoms with van der Waals surface area (Å²) in [5.41, 5.74) is 1.32. The Balaban J connectivity index is 1.44. The number of rotatable bonds is 7. The predicted molar refractivity (Wildman–Crippen MR) is 108 cm³/mol. The molecule has 4 aromatic rings. The summed E-state index contributed by atoms with van der Waals surface area (Å²) in [6.45, 7) is 0.391. The SMILES string of the molecule is O=C(Cn1cnc2c(nnn2Cc2ccccc2F)c1=O)NCCc1ccccc1. The normalized spacial score (nSPS) is 11.0. The second-order valence-electron chi connectivity index (χ2n) is 6.77. The summed E-state index contributed by atoms with van der Waals surface area (Å²) in [5.74, 6) is -0.672. The average Bonchev–Trinajstić information content (AvgIpc) is 3.16. The number of amides is 1. The molecule has 0 aliphatic rings. The average molecular weight is 406 g/mol. The van der Waals surface area contributed by atoms with Crippen LogP contribution >= 0.6 is 0 Å². The van der Waals surface area contributed by atoms with Crippen molar-refractivity contribution in [2.24, 2.45) is 0 Å². The lowest BCUT2D eigenvalue weighted by atomic mass is 10.1. The summed E-state index contributed by atoms with van der Waals surface area (Å²) < 4.78 is 16.4. The molecule has 0 aliphatic carbocycles. The van der Waals surface area contributed by atoms with Crippen molar-refractivity contribution in [3.8, 4) is 0 Å². The number of hydrogen-bond donors (Lipinski definition) is 1. The van der Waals surface area contributed by atoms with Crippen molar-refractivity contribution in [3.05, 3.63) is 88.2 Å². The van der Waals surface area contributed by atoms with Crippen LogP contribution in [0.4, 0.5) is 4.39 Å². The van der Waals surface area contributed by atoms with Crippen LogP contribution in [-0.2, 0) is 24.3 Å². The monoisotopic (exact) mass is 406 g/mol. The maximum absolute atomic E-state index is 13.9. The fourth-order valence-corrected chi connectivity index (χ4v) is 3.10. The van der Waals surface area contributed by atoms with E-state index in [0.29, 0.717) is 18.5 Å². The minimum atomic E-state index is -0.474. The Bertz CT molecular complexity index is 1240. The predicted octanol–water partition coefficient (Wildman–Crippen LogP) is 1.53. The smallest absolute Gasteiger partial charge is 0.283 e. The van der Waals surface area contributed by atoms with E-state index in [9.17, 15) is 14.0 Å². The number of fused-ring (bicyclic) bond motifs is 1. The number of aromatic nitrogens is 5. The highest BCUT2D eigenvalue weighted by Crippen LogP contribution is 2.10. The van der Waals surface area contributed by atoms with Gasteiger partial charge >= 0.3 is 0 Å². The second-order valence-corrected chi connectivity index (χ2v) is 6.77. The lowest BCUT2D eigenvalue weighted by Crippen LogP contribution is -2.33. The highest BCUT2D eigenvalue weighted by atomic mass is 19.1. The molecule has 0 atom stereocenters. The molecule has 1 amide bonds. The van der Waals surface area contributed by atoms with Crippen LogP contribution in [0, 0.1) is 5.82 Å². The Morgan fingerprint density at radius 1 is 1.07 bits per heavy atom. The molecule has 1 N–H and O–H groups in total. The first kappa shape index (κ1) is 19.4. The molecule has 2 heterocycles. The summed E-state index contributed by atoms with van der Waals surface area (Å²) in [4.78, 5) is 29.0. The molecule has 0 aliphatic heterocycles. The van der Waals surface area contributed by atoms with Crippen molar-refractivity contribution in [2.75, 3.05) is 6.54 Å². The van der Waals surface area contributed by atoms with Gasteiger partial charge in [0.05, 0.1) is 6.54 Å². The highest BCUT2D eigenvalue weighted by Gasteiger charge is 2.15. The largest absolute Gasteiger partial charge is 0.354 e. The highest BCUT2D eigenvalue weighted by molar-refractivity contribution is 5.76. The first-order valence-electron chi connectivity index (χ1n) is 9.44. The maximum Gasteiger partial charge on any atom is 0.283 e. The Labute approximate surface area is 171 Å². The van der Waals surface area contributed by atoms with E-state index in [-0.39, 0.29) is 36.0 Å². The molecule has 0 fully saturated rings. The number of benzene rings is 2. The van der Waals surface area contributed by atoms with Gasteiger partial charge in [0.25, 0.3) is 5.56 Å². The van der Waals surface area contributed by atoms with Crippen LogP contribution in [0.15, 0.2) is 65.7 Å². The minimum absolute atomic E-state index is 0.0333. The topological polar surface area (TPSA) is 94.7 Å². The Morgan fingerprint density at radius 2 is 1.83 bits per heavy atom. The Morgan fingerprint density at radius 3 is 2.63 bits per heavy atom. The molecule has 0 bridgehead atoms. The molecule has 0 spiro atoms. The first-order chi connectivity index (χ1) is 14.6. The maximum atomic E-state index is 13.9. The van der Waals surface area contributed by atoms with Gasteiger partial charge in [-0.15, -0.1) is 5.10 Å². The number of carbonyl (C=O) groups is 1. The number of nitrogens with zero attached hydrogens (tertiary/aromatic N) is 5. The van der Waals surface area contributed by atoms with Crippen molar-refractivity contribution in [2.45, 2.75) is 19.5 Å². The van der Waals surface area contributed by atoms with Gasteiger partial charge in [-0.3, -0.25) is 14.2 Å². The third-order valence-corrected chi connectivity index (χ3v) is 4.66. The van der Waals surface area contributed by atoms with Crippen LogP contribution in [0.25, 0.3) is 11.2 Å². The molecule has 0 radical (unpaired) electrons. The summed E-state index contributed by atoms with van der Waals surface area (Å²) in [5, 5.41) is 10.6. The van der Waals surface area contributed by atoms with Crippen LogP contribution in [-0.4, -0.2) is 37.0 Å². The molecular weight excluding hydrogens is 387 g/mol. The molecule has 2 aromatic carbocycles. The summed E-state index contributed by atoms with van der Waals surface area (Å²) in [7, 11) is 0. The zero-order valence-corrected chi connectivity index (χ0v) is 16.0. The van der Waals surface area contributed by atoms with E-state index in [0.717, 1.165) is 5.56 Å². The van der Waals surface area contributed by atoms with E-state index in [2.05, 4.69) is 20.6 Å². The van der Waals surface area contributed by atoms with Crippen LogP contribution < -0.4 is 10.9 Å². The van der Waals surface area contributed by atoms with E-state index >= 15 is 0 Å². The van der Waals surface area contributed by atoms with Gasteiger partial charge in [-0.1, -0.05) is 53.7 Å². The second kappa shape index (κ2) is 8.64. The van der Waals surface area contributed by atoms with Gasteiger partial charge in [0.15, 0.2) is 11.2 Å². The lowest BCUT2D eigenvalue weighted by molar-refractivity contribution is -0.121. The molecule has 152 valence electrons. The molecular formula is C21H19FN6O2. The number of carbonyl (C=O) groups excluding carboxylic acids is 1. The molecule has 0 saturated heterocycles. The summed E-state index contributed by atoms with van der Waals surface area (Å²) in [6, 6.07) is 16.1. The van der Waals surface area contributed by atoms with Crippen LogP contribution in [0.2, 0.25) is 0 Å². The van der Waals surface area contributed by atoms with Gasteiger partial charge in [-0.05, 0) is 18.1 Å². The van der Waals surface area contributed by atoms with E-state index in [4.69, 9.17) is 0 Å². The zero-order chi connectivity index (χ0) is 20.9. The quantitative estimate of drug-likeness (QED) is 0.502. The molecule has 2 aromatic heterocycles. The van der Waals surface area contributed by atoms with Crippen LogP contribution in [0.3, 0.4) is 0 Å². The fraction of sp³-hybridized carbons (Fsp3) is 0.190. The van der Waals surface area contributed by atoms with Crippen molar-refractivity contribution in [3.63, 3.8) is 0 Å². The Kier molecular flexibility index (Phi) is 5.60. The van der Waals surface area contributed by atoms with E-state index < -0.39 is 5.56 Å². The summed E-state index contributed by atoms with van der Waals surface area (Å²) >= 11 is 0. The minimum Gasteiger partial charge on any atom is -0.354 e. The van der Waals surface area contributed by atoms with Crippen LogP contribution in [0.5, 0.6) is 0 Å². The first-order valence-corrected chi connectivity index (χ1v) is 9.44. The molecule has 8 nitrogen and oxygen atoms in total. The Hall–Kier alpha value is -3.88. The summed E-state index contributed by atoms with van der Waals surface area (Å²) in [6.07, 6.45) is 1.98. The van der Waals surface area contributed by atoms with E-state index in [1.165, 1.54) is 21.6 Å². The third kappa shape index (κ3) is 4.24. The van der Waals surface area contributed by atoms with Gasteiger partial charge in [-0.25, -0.2) is 14.1 Å². The fourth-order valence-electron chi connectivity index (χ4n) is 3.10. The van der Waals surface area contributed by atoms with Crippen molar-refractivity contribution in [1.29, 1.82) is 0 Å². The van der Waals surface area contributed by atoms with E-state index in [1.807, 2.05) is 30.3 Å². The van der Waals surface area contributed by atoms with Crippen molar-refractivity contribution >= 4 is 17.1 Å². The lowest BCUT2D eigenvalue weighted by Gasteiger charge is -2.07. The van der Waals surface area contributed by atoms with Gasteiger partial charge in [0, 0.05) is 12.1 Å². The van der Waals surface area contributed by atoms with Crippen molar-refractivity contribution in [1.82, 2.24) is 29.9 Å². The van der Waals surface area contributed by atoms with Gasteiger partial charge < -0.3 is 5.32 Å². The van der Waals surface area contributed by atoms with Gasteiger partial charge in [0.2, 0.25) is 5.91 Å². The van der Waals surface area contributed by atoms with Gasteiger partial charge in [0.1, 0.15) is 18.7 Å². The van der Waals surface area contributed by atoms with Gasteiger partial charge in [-0.2, -0.15) is 0 Å². The van der Waals surface area contributed by atoms with Crippen LogP contribution in [0.1, 0.15) is 11.1 Å². The zero-order valence-electron chi connectivity index (χ0n) is 16.0. The van der Waals surface area contributed by atoms with Crippen molar-refractivity contribution < 1.29 is 9.18 Å². The molecule has 30 heavy (non-hydrogen) atoms. The molecule has 0 saturated carbocycles. The number of nitrogens with one attached hydrogen (secondary N) is 1. The number of halogens is 1. The third-order valence-electron chi connectivity index (χ3n) is 4.66.